The Morgan fingerprint density at radius 2 is 1.28 bits per heavy atom. The van der Waals surface area contributed by atoms with Gasteiger partial charge in [-0.2, -0.15) is 0 Å². The summed E-state index contributed by atoms with van der Waals surface area (Å²) >= 11 is 0. The predicted octanol–water partition coefficient (Wildman–Crippen LogP) is 10.1. The summed E-state index contributed by atoms with van der Waals surface area (Å²) in [5.74, 6) is 2.34. The lowest BCUT2D eigenvalue weighted by Gasteiger charge is -2.12. The molecule has 5 heterocycles. The molecule has 0 aliphatic carbocycles. The van der Waals surface area contributed by atoms with Gasteiger partial charge >= 0.3 is 0 Å². The summed E-state index contributed by atoms with van der Waals surface area (Å²) in [5.41, 5.74) is 8.95. The molecule has 0 saturated carbocycles. The summed E-state index contributed by atoms with van der Waals surface area (Å²) in [6.07, 6.45) is 9.11. The molecule has 0 aliphatic rings. The molecule has 6 aromatic carbocycles. The van der Waals surface area contributed by atoms with Crippen LogP contribution in [-0.4, -0.2) is 23.3 Å². The van der Waals surface area contributed by atoms with Gasteiger partial charge in [0.15, 0.2) is 0 Å². The van der Waals surface area contributed by atoms with Crippen LogP contribution in [0, 0.1) is 6.33 Å². The third-order valence-electron chi connectivity index (χ3n) is 10.6. The molecule has 11 aromatic rings. The number of benzene rings is 6. The molecule has 0 atom stereocenters. The lowest BCUT2D eigenvalue weighted by atomic mass is 10.0. The number of imidazole rings is 1. The van der Waals surface area contributed by atoms with Crippen molar-refractivity contribution in [2.24, 2.45) is 14.1 Å². The summed E-state index contributed by atoms with van der Waals surface area (Å²) in [6, 6.07) is 49.0. The smallest absolute Gasteiger partial charge is 0.243 e. The summed E-state index contributed by atoms with van der Waals surface area (Å²) in [5, 5.41) is 7.15. The van der Waals surface area contributed by atoms with Crippen LogP contribution in [-0.2, 0) is 14.1 Å². The van der Waals surface area contributed by atoms with Crippen molar-refractivity contribution in [2.75, 3.05) is 0 Å². The average Bonchev–Trinajstić information content (AvgIpc) is 3.95. The SMILES string of the molecule is Cn1[c-][n+](-c2cccc(Oc3ccc4c5c6c7ccccc7n(C)c6c6c(c7ccccc7n6-c6ccccc6)c5n(-c5ccccn5)c4c3)c2)cc1. The fraction of sp³-hybridized carbons (Fsp3) is 0.0435. The molecule has 0 bridgehead atoms. The second-order valence-electron chi connectivity index (χ2n) is 13.6. The number of rotatable bonds is 5. The molecule has 252 valence electrons. The maximum Gasteiger partial charge on any atom is 0.243 e. The highest BCUT2D eigenvalue weighted by atomic mass is 16.5. The van der Waals surface area contributed by atoms with Crippen LogP contribution in [0.25, 0.3) is 82.6 Å². The molecule has 0 saturated heterocycles. The highest BCUT2D eigenvalue weighted by Gasteiger charge is 2.28. The minimum Gasteiger partial charge on any atom is -0.458 e. The molecular weight excluding hydrogens is 653 g/mol. The lowest BCUT2D eigenvalue weighted by molar-refractivity contribution is -0.599. The van der Waals surface area contributed by atoms with Crippen LogP contribution in [0.15, 0.2) is 158 Å². The Labute approximate surface area is 304 Å². The number of aryl methyl sites for hydroxylation is 2. The second-order valence-corrected chi connectivity index (χ2v) is 13.6. The van der Waals surface area contributed by atoms with E-state index in [9.17, 15) is 0 Å². The monoisotopic (exact) mass is 684 g/mol. The van der Waals surface area contributed by atoms with E-state index < -0.39 is 0 Å². The zero-order valence-corrected chi connectivity index (χ0v) is 29.1. The molecular formula is C46H32N6O. The molecule has 0 N–H and O–H groups in total. The summed E-state index contributed by atoms with van der Waals surface area (Å²) in [4.78, 5) is 4.98. The van der Waals surface area contributed by atoms with E-state index >= 15 is 0 Å². The Balaban J connectivity index is 1.30. The van der Waals surface area contributed by atoms with E-state index in [0.29, 0.717) is 0 Å². The van der Waals surface area contributed by atoms with Crippen LogP contribution in [0.4, 0.5) is 0 Å². The number of nitrogens with zero attached hydrogens (tertiary/aromatic N) is 6. The van der Waals surface area contributed by atoms with Crippen LogP contribution < -0.4 is 9.30 Å². The first-order chi connectivity index (χ1) is 26.1. The van der Waals surface area contributed by atoms with Crippen LogP contribution in [0.2, 0.25) is 0 Å². The van der Waals surface area contributed by atoms with Crippen LogP contribution in [0.5, 0.6) is 11.5 Å². The Morgan fingerprint density at radius 3 is 2.08 bits per heavy atom. The first-order valence-electron chi connectivity index (χ1n) is 17.8. The summed E-state index contributed by atoms with van der Waals surface area (Å²) in [6.45, 7) is 0. The Morgan fingerprint density at radius 1 is 0.566 bits per heavy atom. The highest BCUT2D eigenvalue weighted by molar-refractivity contribution is 6.40. The maximum atomic E-state index is 6.65. The van der Waals surface area contributed by atoms with E-state index in [2.05, 4.69) is 142 Å². The van der Waals surface area contributed by atoms with E-state index in [-0.39, 0.29) is 0 Å². The molecule has 0 fully saturated rings. The Hall–Kier alpha value is -7.12. The Kier molecular flexibility index (Phi) is 6.25. The van der Waals surface area contributed by atoms with Crippen LogP contribution in [0.3, 0.4) is 0 Å². The van der Waals surface area contributed by atoms with E-state index in [1.54, 1.807) is 0 Å². The van der Waals surface area contributed by atoms with E-state index in [1.165, 1.54) is 43.5 Å². The standard InChI is InChI=1S/C46H32N6O/c1-48-25-26-50(29-48)31-15-12-16-32(27-31)53-33-22-23-36-39(28-33)52(40-21-10-11-24-47-40)44-41(36)42-34-17-6-8-19-37(34)49(2)45(42)46-43(44)35-18-7-9-20-38(35)51(46)30-13-4-3-5-14-30/h3-28H,1-2H3. The largest absolute Gasteiger partial charge is 0.458 e. The van der Waals surface area contributed by atoms with Crippen molar-refractivity contribution < 1.29 is 9.30 Å². The van der Waals surface area contributed by atoms with Gasteiger partial charge < -0.3 is 23.0 Å². The molecule has 11 rings (SSSR count). The molecule has 0 aliphatic heterocycles. The maximum absolute atomic E-state index is 6.65. The number of fused-ring (bicyclic) bond motifs is 12. The van der Waals surface area contributed by atoms with Gasteiger partial charge in [0.2, 0.25) is 6.33 Å². The topological polar surface area (TPSA) is 45.7 Å². The van der Waals surface area contributed by atoms with Gasteiger partial charge in [-0.3, -0.25) is 4.57 Å². The first kappa shape index (κ1) is 29.6. The highest BCUT2D eigenvalue weighted by Crippen LogP contribution is 2.49. The Bertz CT molecular complexity index is 3220. The van der Waals surface area contributed by atoms with Crippen molar-refractivity contribution in [1.82, 2.24) is 23.3 Å². The molecule has 0 spiro atoms. The van der Waals surface area contributed by atoms with E-state index in [0.717, 1.165) is 50.6 Å². The fourth-order valence-corrected chi connectivity index (χ4v) is 8.40. The lowest BCUT2D eigenvalue weighted by Crippen LogP contribution is -2.27. The zero-order valence-electron chi connectivity index (χ0n) is 29.1. The van der Waals surface area contributed by atoms with Crippen LogP contribution >= 0.6 is 0 Å². The third-order valence-corrected chi connectivity index (χ3v) is 10.6. The number of para-hydroxylation sites is 3. The molecule has 0 radical (unpaired) electrons. The number of hydrogen-bond donors (Lipinski definition) is 0. The van der Waals surface area contributed by atoms with Crippen molar-refractivity contribution in [3.63, 3.8) is 0 Å². The van der Waals surface area contributed by atoms with E-state index in [1.807, 2.05) is 59.0 Å². The van der Waals surface area contributed by atoms with Crippen molar-refractivity contribution in [2.45, 2.75) is 0 Å². The van der Waals surface area contributed by atoms with Gasteiger partial charge in [-0.25, -0.2) is 4.98 Å². The van der Waals surface area contributed by atoms with Gasteiger partial charge in [0.25, 0.3) is 0 Å². The normalized spacial score (nSPS) is 12.0. The second kappa shape index (κ2) is 11.2. The fourth-order valence-electron chi connectivity index (χ4n) is 8.40. The van der Waals surface area contributed by atoms with Crippen molar-refractivity contribution in [3.8, 4) is 28.7 Å². The molecule has 0 amide bonds. The molecule has 7 heteroatoms. The van der Waals surface area contributed by atoms with Gasteiger partial charge in [0.05, 0.1) is 40.3 Å². The van der Waals surface area contributed by atoms with Crippen molar-refractivity contribution >= 4 is 65.4 Å². The molecule has 53 heavy (non-hydrogen) atoms. The molecule has 5 aromatic heterocycles. The number of ether oxygens (including phenoxy) is 1. The average molecular weight is 685 g/mol. The molecule has 0 unspecified atom stereocenters. The summed E-state index contributed by atoms with van der Waals surface area (Å²) < 4.78 is 17.7. The van der Waals surface area contributed by atoms with Crippen LogP contribution in [0.1, 0.15) is 0 Å². The number of aromatic nitrogens is 6. The molecule has 7 nitrogen and oxygen atoms in total. The zero-order chi connectivity index (χ0) is 35.2. The predicted molar refractivity (Wildman–Crippen MR) is 213 cm³/mol. The van der Waals surface area contributed by atoms with E-state index in [4.69, 9.17) is 9.72 Å². The summed E-state index contributed by atoms with van der Waals surface area (Å²) in [7, 11) is 4.17. The number of hydrogen-bond acceptors (Lipinski definition) is 2. The minimum atomic E-state index is 0.744. The first-order valence-corrected chi connectivity index (χ1v) is 17.8. The number of pyridine rings is 1. The van der Waals surface area contributed by atoms with Crippen molar-refractivity contribution in [3.05, 3.63) is 164 Å². The van der Waals surface area contributed by atoms with Gasteiger partial charge in [0.1, 0.15) is 17.3 Å². The van der Waals surface area contributed by atoms with Gasteiger partial charge in [-0.05, 0) is 60.7 Å². The van der Waals surface area contributed by atoms with Crippen molar-refractivity contribution in [1.29, 1.82) is 0 Å². The minimum absolute atomic E-state index is 0.744. The van der Waals surface area contributed by atoms with Gasteiger partial charge in [-0.15, -0.1) is 0 Å². The third kappa shape index (κ3) is 4.28. The van der Waals surface area contributed by atoms with Gasteiger partial charge in [-0.1, -0.05) is 72.8 Å². The quantitative estimate of drug-likeness (QED) is 0.134. The van der Waals surface area contributed by atoms with Gasteiger partial charge in [0, 0.05) is 75.2 Å².